The van der Waals surface area contributed by atoms with Gasteiger partial charge in [0.05, 0.1) is 24.1 Å². The van der Waals surface area contributed by atoms with Gasteiger partial charge in [-0.25, -0.2) is 4.79 Å². The number of aromatic nitrogens is 1. The van der Waals surface area contributed by atoms with Gasteiger partial charge in [-0.05, 0) is 60.2 Å². The number of nitriles is 1. The molecule has 3 amide bonds. The minimum Gasteiger partial charge on any atom is -0.490 e. The van der Waals surface area contributed by atoms with Crippen LogP contribution in [0.2, 0.25) is 0 Å². The quantitative estimate of drug-likeness (QED) is 0.283. The Morgan fingerprint density at radius 3 is 2.61 bits per heavy atom. The number of hydrogen-bond donors (Lipinski definition) is 3. The summed E-state index contributed by atoms with van der Waals surface area (Å²) in [6.45, 7) is 0.719. The summed E-state index contributed by atoms with van der Waals surface area (Å²) in [6.07, 6.45) is 1.91. The van der Waals surface area contributed by atoms with Gasteiger partial charge >= 0.3 is 6.03 Å². The maximum absolute atomic E-state index is 12.5. The Balaban J connectivity index is 1.25. The second-order valence-corrected chi connectivity index (χ2v) is 8.43. The third-order valence-corrected chi connectivity index (χ3v) is 5.80. The van der Waals surface area contributed by atoms with Gasteiger partial charge in [0.25, 0.3) is 0 Å². The van der Waals surface area contributed by atoms with Crippen LogP contribution in [0.5, 0.6) is 17.2 Å². The molecule has 38 heavy (non-hydrogen) atoms. The largest absolute Gasteiger partial charge is 0.490 e. The molecule has 3 aromatic carbocycles. The van der Waals surface area contributed by atoms with Crippen molar-refractivity contribution in [1.82, 2.24) is 4.98 Å². The number of ether oxygens (including phenoxy) is 3. The molecule has 0 fully saturated rings. The van der Waals surface area contributed by atoms with E-state index in [1.165, 1.54) is 0 Å². The fourth-order valence-electron chi connectivity index (χ4n) is 4.01. The number of methoxy groups -OCH3 is 1. The average Bonchev–Trinajstić information content (AvgIpc) is 3.29. The van der Waals surface area contributed by atoms with E-state index in [2.05, 4.69) is 27.0 Å². The highest BCUT2D eigenvalue weighted by atomic mass is 16.5. The van der Waals surface area contributed by atoms with Crippen LogP contribution >= 0.6 is 0 Å². The van der Waals surface area contributed by atoms with E-state index in [1.807, 2.05) is 0 Å². The first kappa shape index (κ1) is 24.5. The van der Waals surface area contributed by atoms with Crippen LogP contribution in [-0.2, 0) is 16.0 Å². The molecular formula is C28H23N5O5. The molecule has 0 saturated heterocycles. The van der Waals surface area contributed by atoms with Crippen LogP contribution in [0.25, 0.3) is 10.9 Å². The van der Waals surface area contributed by atoms with Gasteiger partial charge in [-0.1, -0.05) is 0 Å². The molecule has 2 heterocycles. The summed E-state index contributed by atoms with van der Waals surface area (Å²) in [4.78, 5) is 28.4. The van der Waals surface area contributed by atoms with Crippen LogP contribution in [0.1, 0.15) is 11.1 Å². The van der Waals surface area contributed by atoms with Gasteiger partial charge in [0.15, 0.2) is 0 Å². The molecule has 0 aliphatic carbocycles. The summed E-state index contributed by atoms with van der Waals surface area (Å²) in [7, 11) is 1.58. The van der Waals surface area contributed by atoms with Crippen molar-refractivity contribution in [2.45, 2.75) is 6.42 Å². The Bertz CT molecular complexity index is 1560. The van der Waals surface area contributed by atoms with Crippen LogP contribution in [0.4, 0.5) is 21.9 Å². The first-order valence-electron chi connectivity index (χ1n) is 11.8. The molecule has 0 radical (unpaired) electrons. The van der Waals surface area contributed by atoms with Gasteiger partial charge in [0.1, 0.15) is 29.9 Å². The van der Waals surface area contributed by atoms with E-state index in [1.54, 1.807) is 74.0 Å². The number of pyridine rings is 1. The SMILES string of the molecule is COCCOc1cc2nccc(Oc3ccc(NC(=O)Nc4ccc5c(c4)CC(=O)N5)cc3)c2cc1C#N. The molecule has 5 rings (SSSR count). The van der Waals surface area contributed by atoms with E-state index in [0.29, 0.717) is 64.7 Å². The molecule has 0 saturated carbocycles. The van der Waals surface area contributed by atoms with E-state index in [4.69, 9.17) is 14.2 Å². The van der Waals surface area contributed by atoms with Crippen molar-refractivity contribution in [3.05, 3.63) is 78.0 Å². The number of benzene rings is 3. The zero-order valence-corrected chi connectivity index (χ0v) is 20.4. The number of carbonyl (C=O) groups excluding carboxylic acids is 2. The van der Waals surface area contributed by atoms with Crippen molar-refractivity contribution < 1.29 is 23.8 Å². The zero-order valence-electron chi connectivity index (χ0n) is 20.4. The van der Waals surface area contributed by atoms with Crippen molar-refractivity contribution in [3.8, 4) is 23.3 Å². The highest BCUT2D eigenvalue weighted by Crippen LogP contribution is 2.33. The first-order chi connectivity index (χ1) is 18.5. The number of amides is 3. The summed E-state index contributed by atoms with van der Waals surface area (Å²) >= 11 is 0. The number of anilines is 3. The number of urea groups is 1. The normalized spacial score (nSPS) is 11.8. The van der Waals surface area contributed by atoms with Crippen LogP contribution in [0, 0.1) is 11.3 Å². The van der Waals surface area contributed by atoms with E-state index in [-0.39, 0.29) is 5.91 Å². The fraction of sp³-hybridized carbons (Fsp3) is 0.143. The van der Waals surface area contributed by atoms with E-state index < -0.39 is 6.03 Å². The van der Waals surface area contributed by atoms with Gasteiger partial charge in [-0.15, -0.1) is 0 Å². The third-order valence-electron chi connectivity index (χ3n) is 5.80. The van der Waals surface area contributed by atoms with E-state index >= 15 is 0 Å². The number of hydrogen-bond acceptors (Lipinski definition) is 7. The molecule has 10 nitrogen and oxygen atoms in total. The van der Waals surface area contributed by atoms with Crippen LogP contribution in [-0.4, -0.2) is 37.2 Å². The maximum atomic E-state index is 12.5. The predicted octanol–water partition coefficient (Wildman–Crippen LogP) is 5.06. The molecule has 10 heteroatoms. The number of nitrogens with zero attached hydrogens (tertiary/aromatic N) is 2. The average molecular weight is 510 g/mol. The summed E-state index contributed by atoms with van der Waals surface area (Å²) in [5, 5.41) is 18.6. The second-order valence-electron chi connectivity index (χ2n) is 8.43. The molecule has 0 bridgehead atoms. The number of fused-ring (bicyclic) bond motifs is 2. The molecule has 1 aliphatic heterocycles. The van der Waals surface area contributed by atoms with E-state index in [0.717, 1.165) is 11.3 Å². The highest BCUT2D eigenvalue weighted by Gasteiger charge is 2.18. The minimum absolute atomic E-state index is 0.0640. The molecule has 190 valence electrons. The van der Waals surface area contributed by atoms with Crippen molar-refractivity contribution >= 4 is 39.9 Å². The lowest BCUT2D eigenvalue weighted by molar-refractivity contribution is -0.115. The first-order valence-corrected chi connectivity index (χ1v) is 11.8. The van der Waals surface area contributed by atoms with Crippen molar-refractivity contribution in [2.24, 2.45) is 0 Å². The van der Waals surface area contributed by atoms with Gasteiger partial charge in [-0.2, -0.15) is 5.26 Å². The Hall–Kier alpha value is -5.14. The summed E-state index contributed by atoms with van der Waals surface area (Å²) in [6, 6.07) is 19.0. The molecule has 1 aromatic heterocycles. The fourth-order valence-corrected chi connectivity index (χ4v) is 4.01. The molecule has 0 spiro atoms. The van der Waals surface area contributed by atoms with E-state index in [9.17, 15) is 14.9 Å². The Kier molecular flexibility index (Phi) is 7.02. The van der Waals surface area contributed by atoms with Gasteiger partial charge in [0, 0.05) is 41.8 Å². The summed E-state index contributed by atoms with van der Waals surface area (Å²) in [5.74, 6) is 1.43. The molecule has 0 atom stereocenters. The molecule has 1 aliphatic rings. The lowest BCUT2D eigenvalue weighted by atomic mass is 10.1. The Morgan fingerprint density at radius 1 is 1.03 bits per heavy atom. The van der Waals surface area contributed by atoms with Crippen molar-refractivity contribution in [2.75, 3.05) is 36.3 Å². The van der Waals surface area contributed by atoms with Gasteiger partial charge in [-0.3, -0.25) is 9.78 Å². The Morgan fingerprint density at radius 2 is 1.82 bits per heavy atom. The monoisotopic (exact) mass is 509 g/mol. The van der Waals surface area contributed by atoms with Crippen LogP contribution < -0.4 is 25.4 Å². The topological polar surface area (TPSA) is 135 Å². The maximum Gasteiger partial charge on any atom is 0.323 e. The second kappa shape index (κ2) is 10.9. The summed E-state index contributed by atoms with van der Waals surface area (Å²) in [5.41, 5.74) is 3.75. The number of nitrogens with one attached hydrogen (secondary N) is 3. The molecule has 3 N–H and O–H groups in total. The van der Waals surface area contributed by atoms with Crippen LogP contribution in [0.3, 0.4) is 0 Å². The van der Waals surface area contributed by atoms with Gasteiger partial charge < -0.3 is 30.2 Å². The standard InChI is InChI=1S/C28H23N5O5/c1-36-10-11-37-26-15-24-22(13-18(26)16-29)25(8-9-30-24)38-21-5-2-19(3-6-21)31-28(35)32-20-4-7-23-17(12-20)14-27(34)33-23/h2-9,12-13,15H,10-11,14H2,1H3,(H,33,34)(H2,31,32,35). The lowest BCUT2D eigenvalue weighted by Crippen LogP contribution is -2.19. The number of rotatable bonds is 8. The van der Waals surface area contributed by atoms with Crippen molar-refractivity contribution in [3.63, 3.8) is 0 Å². The summed E-state index contributed by atoms with van der Waals surface area (Å²) < 4.78 is 16.7. The van der Waals surface area contributed by atoms with Crippen LogP contribution in [0.15, 0.2) is 66.9 Å². The lowest BCUT2D eigenvalue weighted by Gasteiger charge is -2.12. The van der Waals surface area contributed by atoms with Crippen molar-refractivity contribution in [1.29, 1.82) is 5.26 Å². The minimum atomic E-state index is -0.413. The molecular weight excluding hydrogens is 486 g/mol. The smallest absolute Gasteiger partial charge is 0.323 e. The number of carbonyl (C=O) groups is 2. The third kappa shape index (κ3) is 5.48. The zero-order chi connectivity index (χ0) is 26.5. The van der Waals surface area contributed by atoms with Gasteiger partial charge in [0.2, 0.25) is 5.91 Å². The highest BCUT2D eigenvalue weighted by molar-refractivity contribution is 6.02. The molecule has 0 unspecified atom stereocenters. The molecule has 4 aromatic rings. The Labute approximate surface area is 218 Å². The predicted molar refractivity (Wildman–Crippen MR) is 142 cm³/mol.